The first-order valence-corrected chi connectivity index (χ1v) is 10.3. The summed E-state index contributed by atoms with van der Waals surface area (Å²) in [6.45, 7) is 1.83. The predicted octanol–water partition coefficient (Wildman–Crippen LogP) is 3.28. The predicted molar refractivity (Wildman–Crippen MR) is 113 cm³/mol. The molecule has 1 aromatic heterocycles. The molecule has 2 N–H and O–H groups in total. The quantitative estimate of drug-likeness (QED) is 0.628. The number of benzene rings is 2. The first-order chi connectivity index (χ1) is 15.0. The Bertz CT molecular complexity index is 1180. The number of nitrogens with one attached hydrogen (secondary N) is 2. The number of hydrogen-bond donors (Lipinski definition) is 2. The highest BCUT2D eigenvalue weighted by Crippen LogP contribution is 2.36. The van der Waals surface area contributed by atoms with E-state index in [9.17, 15) is 9.59 Å². The number of amides is 2. The maximum atomic E-state index is 12.5. The molecule has 9 nitrogen and oxygen atoms in total. The largest absolute Gasteiger partial charge is 0.482 e. The van der Waals surface area contributed by atoms with Crippen molar-refractivity contribution >= 4 is 34.0 Å². The van der Waals surface area contributed by atoms with Crippen LogP contribution in [0.1, 0.15) is 6.92 Å². The molecule has 0 fully saturated rings. The summed E-state index contributed by atoms with van der Waals surface area (Å²) in [4.78, 5) is 28.5. The van der Waals surface area contributed by atoms with Crippen LogP contribution >= 0.6 is 11.3 Å². The molecule has 158 valence electrons. The average Bonchev–Trinajstić information content (AvgIpc) is 3.42. The molecular weight excluding hydrogens is 422 g/mol. The van der Waals surface area contributed by atoms with E-state index in [1.54, 1.807) is 37.3 Å². The van der Waals surface area contributed by atoms with Crippen LogP contribution in [0, 0.1) is 0 Å². The van der Waals surface area contributed by atoms with Gasteiger partial charge in [-0.3, -0.25) is 14.9 Å². The fourth-order valence-corrected chi connectivity index (χ4v) is 3.84. The number of thiazole rings is 1. The van der Waals surface area contributed by atoms with E-state index >= 15 is 0 Å². The number of rotatable bonds is 5. The number of nitrogens with zero attached hydrogens (tertiary/aromatic N) is 1. The SMILES string of the molecule is CC(Oc1ccc2c(c1)OCO2)C(=O)Nc1nc(-c2ccc3c(c2)NC(=O)CO3)cs1. The Morgan fingerprint density at radius 2 is 2.00 bits per heavy atom. The molecule has 0 radical (unpaired) electrons. The molecule has 0 spiro atoms. The molecule has 3 aromatic rings. The Hall–Kier alpha value is -3.79. The van der Waals surface area contributed by atoms with Crippen molar-refractivity contribution in [1.29, 1.82) is 0 Å². The van der Waals surface area contributed by atoms with Gasteiger partial charge in [0.1, 0.15) is 11.5 Å². The van der Waals surface area contributed by atoms with Gasteiger partial charge >= 0.3 is 0 Å². The molecule has 1 unspecified atom stereocenters. The lowest BCUT2D eigenvalue weighted by atomic mass is 10.1. The zero-order valence-electron chi connectivity index (χ0n) is 16.3. The molecule has 0 aliphatic carbocycles. The van der Waals surface area contributed by atoms with Crippen LogP contribution in [-0.2, 0) is 9.59 Å². The molecule has 0 saturated carbocycles. The van der Waals surface area contributed by atoms with Crippen LogP contribution in [0.25, 0.3) is 11.3 Å². The van der Waals surface area contributed by atoms with Gasteiger partial charge in [-0.2, -0.15) is 0 Å². The summed E-state index contributed by atoms with van der Waals surface area (Å²) in [5.41, 5.74) is 2.07. The highest BCUT2D eigenvalue weighted by atomic mass is 32.1. The Morgan fingerprint density at radius 3 is 2.90 bits per heavy atom. The minimum atomic E-state index is -0.746. The maximum Gasteiger partial charge on any atom is 0.266 e. The molecule has 0 bridgehead atoms. The highest BCUT2D eigenvalue weighted by molar-refractivity contribution is 7.14. The van der Waals surface area contributed by atoms with Crippen molar-refractivity contribution in [3.63, 3.8) is 0 Å². The normalized spacial score (nSPS) is 14.8. The summed E-state index contributed by atoms with van der Waals surface area (Å²) in [7, 11) is 0. The second-order valence-electron chi connectivity index (χ2n) is 6.85. The van der Waals surface area contributed by atoms with Gasteiger partial charge in [0.2, 0.25) is 6.79 Å². The molecule has 2 amide bonds. The van der Waals surface area contributed by atoms with E-state index in [1.165, 1.54) is 11.3 Å². The Kier molecular flexibility index (Phi) is 4.83. The molecule has 5 rings (SSSR count). The second kappa shape index (κ2) is 7.80. The van der Waals surface area contributed by atoms with E-state index < -0.39 is 6.10 Å². The van der Waals surface area contributed by atoms with Crippen LogP contribution < -0.4 is 29.6 Å². The summed E-state index contributed by atoms with van der Waals surface area (Å²) in [6.07, 6.45) is -0.746. The van der Waals surface area contributed by atoms with E-state index in [0.29, 0.717) is 39.5 Å². The first-order valence-electron chi connectivity index (χ1n) is 9.45. The first kappa shape index (κ1) is 19.2. The van der Waals surface area contributed by atoms with Crippen molar-refractivity contribution < 1.29 is 28.5 Å². The Morgan fingerprint density at radius 1 is 1.16 bits per heavy atom. The van der Waals surface area contributed by atoms with Crippen molar-refractivity contribution in [1.82, 2.24) is 4.98 Å². The molecule has 0 saturated heterocycles. The third kappa shape index (κ3) is 3.97. The third-order valence-corrected chi connectivity index (χ3v) is 5.43. The van der Waals surface area contributed by atoms with E-state index in [4.69, 9.17) is 18.9 Å². The minimum absolute atomic E-state index is 0.00570. The van der Waals surface area contributed by atoms with E-state index in [1.807, 2.05) is 11.4 Å². The number of aromatic nitrogens is 1. The Labute approximate surface area is 180 Å². The topological polar surface area (TPSA) is 108 Å². The summed E-state index contributed by atoms with van der Waals surface area (Å²) in [5, 5.41) is 7.81. The van der Waals surface area contributed by atoms with Crippen molar-refractivity contribution in [2.45, 2.75) is 13.0 Å². The molecule has 2 aliphatic rings. The van der Waals surface area contributed by atoms with Crippen LogP contribution in [0.2, 0.25) is 0 Å². The van der Waals surface area contributed by atoms with Gasteiger partial charge in [0.15, 0.2) is 29.3 Å². The lowest BCUT2D eigenvalue weighted by molar-refractivity contribution is -0.122. The van der Waals surface area contributed by atoms with Gasteiger partial charge in [0, 0.05) is 17.0 Å². The average molecular weight is 439 g/mol. The lowest BCUT2D eigenvalue weighted by Gasteiger charge is -2.18. The fourth-order valence-electron chi connectivity index (χ4n) is 3.12. The number of carbonyl (C=O) groups excluding carboxylic acids is 2. The standard InChI is InChI=1S/C21H17N3O6S/c1-11(30-13-3-5-17-18(7-13)29-10-28-17)20(26)24-21-23-15(9-31-21)12-2-4-16-14(6-12)22-19(25)8-27-16/h2-7,9,11H,8,10H2,1H3,(H,22,25)(H,23,24,26). The molecule has 10 heteroatoms. The molecule has 31 heavy (non-hydrogen) atoms. The number of anilines is 2. The van der Waals surface area contributed by atoms with Crippen molar-refractivity contribution in [2.24, 2.45) is 0 Å². The van der Waals surface area contributed by atoms with Gasteiger partial charge in [0.05, 0.1) is 11.4 Å². The van der Waals surface area contributed by atoms with Crippen molar-refractivity contribution in [2.75, 3.05) is 24.0 Å². The van der Waals surface area contributed by atoms with Gasteiger partial charge < -0.3 is 24.3 Å². The smallest absolute Gasteiger partial charge is 0.266 e. The van der Waals surface area contributed by atoms with E-state index in [-0.39, 0.29) is 25.2 Å². The van der Waals surface area contributed by atoms with Crippen LogP contribution in [-0.4, -0.2) is 36.3 Å². The molecular formula is C21H17N3O6S. The van der Waals surface area contributed by atoms with Gasteiger partial charge in [-0.25, -0.2) is 4.98 Å². The number of hydrogen-bond acceptors (Lipinski definition) is 8. The number of carbonyl (C=O) groups is 2. The van der Waals surface area contributed by atoms with Crippen molar-refractivity contribution in [3.8, 4) is 34.3 Å². The van der Waals surface area contributed by atoms with Crippen LogP contribution in [0.5, 0.6) is 23.0 Å². The number of fused-ring (bicyclic) bond motifs is 2. The van der Waals surface area contributed by atoms with Crippen LogP contribution in [0.15, 0.2) is 41.8 Å². The number of ether oxygens (including phenoxy) is 4. The van der Waals surface area contributed by atoms with Crippen molar-refractivity contribution in [3.05, 3.63) is 41.8 Å². The van der Waals surface area contributed by atoms with Gasteiger partial charge in [0.25, 0.3) is 11.8 Å². The van der Waals surface area contributed by atoms with Gasteiger partial charge in [-0.1, -0.05) is 0 Å². The van der Waals surface area contributed by atoms with Crippen LogP contribution in [0.3, 0.4) is 0 Å². The molecule has 1 atom stereocenters. The van der Waals surface area contributed by atoms with E-state index in [2.05, 4.69) is 15.6 Å². The zero-order chi connectivity index (χ0) is 21.4. The minimum Gasteiger partial charge on any atom is -0.482 e. The molecule has 3 heterocycles. The zero-order valence-corrected chi connectivity index (χ0v) is 17.2. The monoisotopic (exact) mass is 439 g/mol. The third-order valence-electron chi connectivity index (χ3n) is 4.67. The molecule has 2 aliphatic heterocycles. The summed E-state index contributed by atoms with van der Waals surface area (Å²) >= 11 is 1.30. The van der Waals surface area contributed by atoms with Gasteiger partial charge in [-0.05, 0) is 37.3 Å². The summed E-state index contributed by atoms with van der Waals surface area (Å²) in [5.74, 6) is 1.82. The second-order valence-corrected chi connectivity index (χ2v) is 7.71. The van der Waals surface area contributed by atoms with Crippen LogP contribution in [0.4, 0.5) is 10.8 Å². The summed E-state index contributed by atoms with van der Waals surface area (Å²) in [6, 6.07) is 10.6. The lowest BCUT2D eigenvalue weighted by Crippen LogP contribution is -2.30. The summed E-state index contributed by atoms with van der Waals surface area (Å²) < 4.78 is 21.7. The fraction of sp³-hybridized carbons (Fsp3) is 0.190. The van der Waals surface area contributed by atoms with Gasteiger partial charge in [-0.15, -0.1) is 11.3 Å². The Balaban J connectivity index is 1.24. The molecule has 2 aromatic carbocycles. The maximum absolute atomic E-state index is 12.5. The van der Waals surface area contributed by atoms with E-state index in [0.717, 1.165) is 5.56 Å². The highest BCUT2D eigenvalue weighted by Gasteiger charge is 2.20.